The van der Waals surface area contributed by atoms with Crippen LogP contribution >= 0.6 is 11.6 Å². The van der Waals surface area contributed by atoms with Crippen molar-refractivity contribution in [3.8, 4) is 28.2 Å². The molecule has 0 radical (unpaired) electrons. The van der Waals surface area contributed by atoms with Crippen LogP contribution in [0.15, 0.2) is 78.9 Å². The van der Waals surface area contributed by atoms with E-state index in [0.717, 1.165) is 0 Å². The fourth-order valence-electron chi connectivity index (χ4n) is 3.20. The van der Waals surface area contributed by atoms with Gasteiger partial charge in [0.25, 0.3) is 5.69 Å². The lowest BCUT2D eigenvalue weighted by Gasteiger charge is -2.09. The number of benzene rings is 3. The van der Waals surface area contributed by atoms with Crippen molar-refractivity contribution in [2.45, 2.75) is 0 Å². The summed E-state index contributed by atoms with van der Waals surface area (Å²) in [4.78, 5) is 22.7. The second-order valence-electron chi connectivity index (χ2n) is 6.44. The number of aromatic nitrogens is 2. The molecule has 0 spiro atoms. The molecule has 0 saturated heterocycles. The van der Waals surface area contributed by atoms with Gasteiger partial charge < -0.3 is 5.11 Å². The monoisotopic (exact) mass is 419 g/mol. The maximum absolute atomic E-state index is 12.3. The van der Waals surface area contributed by atoms with Crippen LogP contribution in [0.2, 0.25) is 5.02 Å². The van der Waals surface area contributed by atoms with Crippen molar-refractivity contribution in [3.63, 3.8) is 0 Å². The number of non-ortho nitro benzene ring substituents is 1. The number of hydrogen-bond donors (Lipinski definition) is 1. The molecule has 148 valence electrons. The standard InChI is InChI=1S/C22H14ClN3O4/c23-16-8-12-17(13-9-16)25-21(15-4-2-1-3-5-15)19(22(27)28)20(24-25)14-6-10-18(11-7-14)26(29)30/h1-13H,(H,27,28). The Labute approximate surface area is 175 Å². The van der Waals surface area contributed by atoms with E-state index in [9.17, 15) is 20.0 Å². The molecule has 3 aromatic carbocycles. The van der Waals surface area contributed by atoms with Crippen molar-refractivity contribution in [1.29, 1.82) is 0 Å². The van der Waals surface area contributed by atoms with Crippen molar-refractivity contribution in [1.82, 2.24) is 9.78 Å². The predicted molar refractivity (Wildman–Crippen MR) is 113 cm³/mol. The van der Waals surface area contributed by atoms with Gasteiger partial charge in [0.05, 0.1) is 16.3 Å². The molecule has 0 saturated carbocycles. The molecular weight excluding hydrogens is 406 g/mol. The Kier molecular flexibility index (Phi) is 5.04. The van der Waals surface area contributed by atoms with Gasteiger partial charge in [0, 0.05) is 28.3 Å². The molecule has 0 fully saturated rings. The number of carboxylic acids is 1. The second kappa shape index (κ2) is 7.81. The van der Waals surface area contributed by atoms with Crippen LogP contribution in [0.4, 0.5) is 5.69 Å². The Balaban J connectivity index is 2.00. The normalized spacial score (nSPS) is 10.7. The number of carbonyl (C=O) groups is 1. The van der Waals surface area contributed by atoms with Crippen molar-refractivity contribution < 1.29 is 14.8 Å². The fraction of sp³-hybridized carbons (Fsp3) is 0. The lowest BCUT2D eigenvalue weighted by atomic mass is 10.0. The van der Waals surface area contributed by atoms with Crippen LogP contribution in [-0.4, -0.2) is 25.8 Å². The van der Waals surface area contributed by atoms with E-state index in [1.807, 2.05) is 18.2 Å². The van der Waals surface area contributed by atoms with Crippen LogP contribution in [0.3, 0.4) is 0 Å². The van der Waals surface area contributed by atoms with Crippen molar-refractivity contribution in [2.24, 2.45) is 0 Å². The van der Waals surface area contributed by atoms with Gasteiger partial charge in [0.2, 0.25) is 0 Å². The van der Waals surface area contributed by atoms with E-state index in [1.165, 1.54) is 24.3 Å². The number of rotatable bonds is 5. The third-order valence-corrected chi connectivity index (χ3v) is 4.82. The molecule has 30 heavy (non-hydrogen) atoms. The highest BCUT2D eigenvalue weighted by Gasteiger charge is 2.26. The first-order valence-corrected chi connectivity index (χ1v) is 9.26. The summed E-state index contributed by atoms with van der Waals surface area (Å²) in [6, 6.07) is 21.6. The van der Waals surface area contributed by atoms with Gasteiger partial charge in [-0.05, 0) is 36.4 Å². The summed E-state index contributed by atoms with van der Waals surface area (Å²) < 4.78 is 1.55. The summed E-state index contributed by atoms with van der Waals surface area (Å²) in [7, 11) is 0. The van der Waals surface area contributed by atoms with Gasteiger partial charge in [0.15, 0.2) is 0 Å². The largest absolute Gasteiger partial charge is 0.478 e. The fourth-order valence-corrected chi connectivity index (χ4v) is 3.32. The maximum atomic E-state index is 12.3. The third kappa shape index (κ3) is 3.54. The first kappa shape index (κ1) is 19.4. The van der Waals surface area contributed by atoms with E-state index in [2.05, 4.69) is 5.10 Å². The minimum atomic E-state index is -1.15. The Bertz CT molecular complexity index is 1230. The van der Waals surface area contributed by atoms with Crippen molar-refractivity contribution >= 4 is 23.3 Å². The van der Waals surface area contributed by atoms with E-state index in [4.69, 9.17) is 11.6 Å². The molecule has 0 aliphatic rings. The van der Waals surface area contributed by atoms with E-state index in [1.54, 1.807) is 41.1 Å². The summed E-state index contributed by atoms with van der Waals surface area (Å²) in [6.07, 6.45) is 0. The average Bonchev–Trinajstić information content (AvgIpc) is 3.16. The Morgan fingerprint density at radius 2 is 1.57 bits per heavy atom. The topological polar surface area (TPSA) is 98.3 Å². The molecule has 7 nitrogen and oxygen atoms in total. The highest BCUT2D eigenvalue weighted by Crippen LogP contribution is 2.35. The number of hydrogen-bond acceptors (Lipinski definition) is 4. The van der Waals surface area contributed by atoms with Crippen LogP contribution < -0.4 is 0 Å². The predicted octanol–water partition coefficient (Wildman–Crippen LogP) is 5.47. The van der Waals surface area contributed by atoms with E-state index in [0.29, 0.717) is 27.5 Å². The van der Waals surface area contributed by atoms with E-state index >= 15 is 0 Å². The van der Waals surface area contributed by atoms with Gasteiger partial charge in [-0.3, -0.25) is 10.1 Å². The summed E-state index contributed by atoms with van der Waals surface area (Å²) in [5.41, 5.74) is 2.30. The number of carboxylic acid groups (broad SMARTS) is 1. The second-order valence-corrected chi connectivity index (χ2v) is 6.87. The number of nitrogens with zero attached hydrogens (tertiary/aromatic N) is 3. The van der Waals surface area contributed by atoms with Gasteiger partial charge in [-0.1, -0.05) is 41.9 Å². The molecule has 1 aromatic heterocycles. The molecule has 4 rings (SSSR count). The quantitative estimate of drug-likeness (QED) is 0.342. The zero-order chi connectivity index (χ0) is 21.3. The van der Waals surface area contributed by atoms with Gasteiger partial charge in [-0.2, -0.15) is 5.10 Å². The Morgan fingerprint density at radius 3 is 2.13 bits per heavy atom. The number of nitro benzene ring substituents is 1. The zero-order valence-electron chi connectivity index (χ0n) is 15.4. The van der Waals surface area contributed by atoms with Crippen LogP contribution in [0.1, 0.15) is 10.4 Å². The third-order valence-electron chi connectivity index (χ3n) is 4.57. The van der Waals surface area contributed by atoms with Crippen molar-refractivity contribution in [3.05, 3.63) is 99.6 Å². The van der Waals surface area contributed by atoms with E-state index < -0.39 is 10.9 Å². The molecule has 1 heterocycles. The highest BCUT2D eigenvalue weighted by molar-refractivity contribution is 6.30. The maximum Gasteiger partial charge on any atom is 0.340 e. The molecule has 4 aromatic rings. The SMILES string of the molecule is O=C(O)c1c(-c2ccc([N+](=O)[O-])cc2)nn(-c2ccc(Cl)cc2)c1-c1ccccc1. The molecule has 0 unspecified atom stereocenters. The zero-order valence-corrected chi connectivity index (χ0v) is 16.2. The lowest BCUT2D eigenvalue weighted by Crippen LogP contribution is -2.03. The molecule has 0 aliphatic heterocycles. The minimum absolute atomic E-state index is 0.00463. The highest BCUT2D eigenvalue weighted by atomic mass is 35.5. The molecule has 1 N–H and O–H groups in total. The lowest BCUT2D eigenvalue weighted by molar-refractivity contribution is -0.384. The molecule has 8 heteroatoms. The number of halogens is 1. The van der Waals surface area contributed by atoms with Crippen LogP contribution in [-0.2, 0) is 0 Å². The van der Waals surface area contributed by atoms with Gasteiger partial charge in [-0.25, -0.2) is 9.48 Å². The Morgan fingerprint density at radius 1 is 0.933 bits per heavy atom. The summed E-state index contributed by atoms with van der Waals surface area (Å²) in [6.45, 7) is 0. The van der Waals surface area contributed by atoms with Crippen molar-refractivity contribution in [2.75, 3.05) is 0 Å². The summed E-state index contributed by atoms with van der Waals surface area (Å²) in [5, 5.41) is 26.1. The molecule has 0 atom stereocenters. The number of nitro groups is 1. The molecular formula is C22H14ClN3O4. The smallest absolute Gasteiger partial charge is 0.340 e. The van der Waals surface area contributed by atoms with Crippen LogP contribution in [0.5, 0.6) is 0 Å². The summed E-state index contributed by atoms with van der Waals surface area (Å²) in [5.74, 6) is -1.15. The minimum Gasteiger partial charge on any atom is -0.478 e. The van der Waals surface area contributed by atoms with E-state index in [-0.39, 0.29) is 16.9 Å². The van der Waals surface area contributed by atoms with Gasteiger partial charge in [0.1, 0.15) is 11.3 Å². The molecule has 0 amide bonds. The average molecular weight is 420 g/mol. The van der Waals surface area contributed by atoms with Crippen LogP contribution in [0, 0.1) is 10.1 Å². The number of aromatic carboxylic acids is 1. The molecule has 0 bridgehead atoms. The van der Waals surface area contributed by atoms with Gasteiger partial charge in [-0.15, -0.1) is 0 Å². The van der Waals surface area contributed by atoms with Gasteiger partial charge >= 0.3 is 5.97 Å². The summed E-state index contributed by atoms with van der Waals surface area (Å²) >= 11 is 6.00. The Hall–Kier alpha value is -3.97. The first-order valence-electron chi connectivity index (χ1n) is 8.88. The first-order chi connectivity index (χ1) is 14.5. The molecule has 0 aliphatic carbocycles. The van der Waals surface area contributed by atoms with Crippen LogP contribution in [0.25, 0.3) is 28.2 Å².